The van der Waals surface area contributed by atoms with Crippen LogP contribution in [0.25, 0.3) is 5.82 Å². The lowest BCUT2D eigenvalue weighted by molar-refractivity contribution is 0.0828. The first-order valence-electron chi connectivity index (χ1n) is 8.07. The number of nitrogens with one attached hydrogen (secondary N) is 1. The molecule has 0 saturated heterocycles. The third kappa shape index (κ3) is 4.71. The quantitative estimate of drug-likeness (QED) is 0.445. The Labute approximate surface area is 196 Å². The van der Waals surface area contributed by atoms with Crippen molar-refractivity contribution < 1.29 is 9.59 Å². The number of nitrogens with zero attached hydrogens (tertiary/aromatic N) is 4. The molecule has 0 aliphatic carbocycles. The van der Waals surface area contributed by atoms with Crippen LogP contribution >= 0.6 is 59.4 Å². The van der Waals surface area contributed by atoms with Gasteiger partial charge in [0, 0.05) is 35.3 Å². The fourth-order valence-corrected chi connectivity index (χ4v) is 4.40. The van der Waals surface area contributed by atoms with E-state index < -0.39 is 5.91 Å². The maximum Gasteiger partial charge on any atom is 0.274 e. The van der Waals surface area contributed by atoms with Gasteiger partial charge in [-0.3, -0.25) is 9.59 Å². The Hall–Kier alpha value is -1.75. The van der Waals surface area contributed by atoms with E-state index >= 15 is 0 Å². The molecule has 3 rings (SSSR count). The number of amides is 2. The highest BCUT2D eigenvalue weighted by atomic mass is 79.9. The lowest BCUT2D eigenvalue weighted by atomic mass is 10.1. The summed E-state index contributed by atoms with van der Waals surface area (Å²) < 4.78 is 3.01. The topological polar surface area (TPSA) is 80.1 Å². The molecule has 29 heavy (non-hydrogen) atoms. The summed E-state index contributed by atoms with van der Waals surface area (Å²) in [5.41, 5.74) is 0.856. The summed E-state index contributed by atoms with van der Waals surface area (Å²) in [6.45, 7) is 0. The van der Waals surface area contributed by atoms with Gasteiger partial charge >= 0.3 is 0 Å². The first-order valence-corrected chi connectivity index (χ1v) is 10.8. The smallest absolute Gasteiger partial charge is 0.274 e. The molecule has 7 nitrogen and oxygen atoms in total. The van der Waals surface area contributed by atoms with Crippen molar-refractivity contribution in [2.45, 2.75) is 0 Å². The van der Waals surface area contributed by atoms with Gasteiger partial charge in [-0.25, -0.2) is 9.67 Å². The third-order valence-corrected chi connectivity index (χ3v) is 5.55. The van der Waals surface area contributed by atoms with Crippen LogP contribution in [0.4, 0.5) is 5.69 Å². The second kappa shape index (κ2) is 8.95. The molecule has 0 spiro atoms. The number of benzene rings is 1. The SMILES string of the molecule is CN(C)C(=O)c1cc(Br)cc(Br)c1NC(=O)c1cc(Br)nn1-c1ncccc1Cl. The predicted molar refractivity (Wildman–Crippen MR) is 122 cm³/mol. The van der Waals surface area contributed by atoms with Gasteiger partial charge in [-0.05, 0) is 56.1 Å². The van der Waals surface area contributed by atoms with E-state index in [1.807, 2.05) is 0 Å². The average Bonchev–Trinajstić information content (AvgIpc) is 3.05. The van der Waals surface area contributed by atoms with Gasteiger partial charge < -0.3 is 10.2 Å². The summed E-state index contributed by atoms with van der Waals surface area (Å²) in [5, 5.41) is 7.39. The van der Waals surface area contributed by atoms with Crippen molar-refractivity contribution in [2.75, 3.05) is 19.4 Å². The minimum absolute atomic E-state index is 0.190. The predicted octanol–water partition coefficient (Wildman–Crippen LogP) is 5.16. The molecule has 3 aromatic rings. The Morgan fingerprint density at radius 3 is 2.55 bits per heavy atom. The van der Waals surface area contributed by atoms with E-state index in [0.29, 0.717) is 35.6 Å². The molecule has 0 radical (unpaired) electrons. The number of aromatic nitrogens is 3. The highest BCUT2D eigenvalue weighted by Gasteiger charge is 2.23. The zero-order chi connectivity index (χ0) is 21.3. The Morgan fingerprint density at radius 1 is 1.17 bits per heavy atom. The van der Waals surface area contributed by atoms with E-state index in [2.05, 4.69) is 63.2 Å². The number of anilines is 1. The Balaban J connectivity index is 2.05. The van der Waals surface area contributed by atoms with Gasteiger partial charge in [-0.15, -0.1) is 0 Å². The normalized spacial score (nSPS) is 10.7. The summed E-state index contributed by atoms with van der Waals surface area (Å²) in [5.74, 6) is -0.435. The molecule has 0 atom stereocenters. The molecule has 2 aromatic heterocycles. The van der Waals surface area contributed by atoms with Gasteiger partial charge in [0.25, 0.3) is 11.8 Å². The summed E-state index contributed by atoms with van der Waals surface area (Å²) in [6.07, 6.45) is 1.55. The van der Waals surface area contributed by atoms with Gasteiger partial charge in [0.15, 0.2) is 5.82 Å². The highest BCUT2D eigenvalue weighted by Crippen LogP contribution is 2.32. The van der Waals surface area contributed by atoms with Crippen LogP contribution < -0.4 is 5.32 Å². The van der Waals surface area contributed by atoms with E-state index in [1.54, 1.807) is 50.6 Å². The van der Waals surface area contributed by atoms with Gasteiger partial charge in [0.2, 0.25) is 0 Å². The fraction of sp³-hybridized carbons (Fsp3) is 0.111. The van der Waals surface area contributed by atoms with Crippen LogP contribution in [0.3, 0.4) is 0 Å². The summed E-state index contributed by atoms with van der Waals surface area (Å²) in [4.78, 5) is 31.3. The van der Waals surface area contributed by atoms with Crippen molar-refractivity contribution in [3.05, 3.63) is 66.4 Å². The Morgan fingerprint density at radius 2 is 1.90 bits per heavy atom. The Bertz CT molecular complexity index is 1120. The second-order valence-corrected chi connectivity index (χ2v) is 9.03. The summed E-state index contributed by atoms with van der Waals surface area (Å²) in [7, 11) is 3.27. The molecular weight excluding hydrogens is 593 g/mol. The molecule has 0 fully saturated rings. The number of carbonyl (C=O) groups excluding carboxylic acids is 2. The minimum Gasteiger partial charge on any atom is -0.345 e. The maximum atomic E-state index is 13.1. The van der Waals surface area contributed by atoms with E-state index in [-0.39, 0.29) is 11.6 Å². The lowest BCUT2D eigenvalue weighted by Gasteiger charge is -2.17. The fourth-order valence-electron chi connectivity index (χ4n) is 2.50. The number of pyridine rings is 1. The first kappa shape index (κ1) is 21.9. The molecule has 11 heteroatoms. The van der Waals surface area contributed by atoms with E-state index in [4.69, 9.17) is 11.6 Å². The molecule has 0 aliphatic heterocycles. The number of carbonyl (C=O) groups is 2. The van der Waals surface area contributed by atoms with Gasteiger partial charge in [-0.2, -0.15) is 5.10 Å². The summed E-state index contributed by atoms with van der Waals surface area (Å²) >= 11 is 16.3. The van der Waals surface area contributed by atoms with Crippen molar-refractivity contribution in [1.82, 2.24) is 19.7 Å². The molecule has 0 saturated carbocycles. The standard InChI is InChI=1S/C18H13Br3ClN5O2/c1-26(2)18(29)10-6-9(19)7-11(20)15(10)24-17(28)13-8-14(21)25-27(13)16-12(22)4-3-5-23-16/h3-8H,1-2H3,(H,24,28). The van der Waals surface area contributed by atoms with Crippen LogP contribution in [0, 0.1) is 0 Å². The van der Waals surface area contributed by atoms with Crippen molar-refractivity contribution in [2.24, 2.45) is 0 Å². The monoisotopic (exact) mass is 603 g/mol. The van der Waals surface area contributed by atoms with Gasteiger partial charge in [-0.1, -0.05) is 27.5 Å². The van der Waals surface area contributed by atoms with Crippen LogP contribution in [0.5, 0.6) is 0 Å². The van der Waals surface area contributed by atoms with E-state index in [9.17, 15) is 9.59 Å². The largest absolute Gasteiger partial charge is 0.345 e. The van der Waals surface area contributed by atoms with Crippen molar-refractivity contribution in [3.63, 3.8) is 0 Å². The molecule has 150 valence electrons. The van der Waals surface area contributed by atoms with Crippen molar-refractivity contribution in [1.29, 1.82) is 0 Å². The molecule has 2 heterocycles. The van der Waals surface area contributed by atoms with Crippen LogP contribution in [0.15, 0.2) is 50.1 Å². The van der Waals surface area contributed by atoms with Crippen LogP contribution in [0.2, 0.25) is 5.02 Å². The number of hydrogen-bond acceptors (Lipinski definition) is 4. The van der Waals surface area contributed by atoms with Gasteiger partial charge in [0.05, 0.1) is 16.3 Å². The van der Waals surface area contributed by atoms with Gasteiger partial charge in [0.1, 0.15) is 10.3 Å². The molecule has 0 unspecified atom stereocenters. The number of rotatable bonds is 4. The van der Waals surface area contributed by atoms with Crippen LogP contribution in [-0.4, -0.2) is 45.6 Å². The van der Waals surface area contributed by atoms with E-state index in [0.717, 1.165) is 0 Å². The average molecular weight is 607 g/mol. The molecule has 1 N–H and O–H groups in total. The van der Waals surface area contributed by atoms with Crippen molar-refractivity contribution >= 4 is 76.9 Å². The van der Waals surface area contributed by atoms with Crippen LogP contribution in [0.1, 0.15) is 20.8 Å². The molecule has 0 aliphatic rings. The first-order chi connectivity index (χ1) is 13.7. The second-order valence-electron chi connectivity index (χ2n) is 6.04. The molecule has 2 amide bonds. The molecule has 0 bridgehead atoms. The summed E-state index contributed by atoms with van der Waals surface area (Å²) in [6, 6.07) is 8.26. The number of hydrogen-bond donors (Lipinski definition) is 1. The molecule has 1 aromatic carbocycles. The van der Waals surface area contributed by atoms with Crippen LogP contribution in [-0.2, 0) is 0 Å². The maximum absolute atomic E-state index is 13.1. The van der Waals surface area contributed by atoms with Crippen molar-refractivity contribution in [3.8, 4) is 5.82 Å². The molecular formula is C18H13Br3ClN5O2. The lowest BCUT2D eigenvalue weighted by Crippen LogP contribution is -2.25. The van der Waals surface area contributed by atoms with E-state index in [1.165, 1.54) is 9.58 Å². The minimum atomic E-state index is -0.485. The zero-order valence-electron chi connectivity index (χ0n) is 15.1. The Kier molecular flexibility index (Phi) is 6.77. The zero-order valence-corrected chi connectivity index (χ0v) is 20.6. The number of halogens is 4. The highest BCUT2D eigenvalue weighted by molar-refractivity contribution is 9.11. The third-order valence-electron chi connectivity index (χ3n) is 3.78.